The molecule has 0 bridgehead atoms. The number of aromatic nitrogens is 3. The number of imidazole rings is 1. The summed E-state index contributed by atoms with van der Waals surface area (Å²) in [5, 5.41) is 0. The van der Waals surface area contributed by atoms with Gasteiger partial charge >= 0.3 is 0 Å². The summed E-state index contributed by atoms with van der Waals surface area (Å²) in [6.07, 6.45) is 7.61. The molecule has 1 fully saturated rings. The van der Waals surface area contributed by atoms with Gasteiger partial charge in [0.1, 0.15) is 0 Å². The van der Waals surface area contributed by atoms with Crippen molar-refractivity contribution in [2.45, 2.75) is 26.4 Å². The van der Waals surface area contributed by atoms with Crippen LogP contribution in [0.3, 0.4) is 0 Å². The molecule has 108 valence electrons. The molecule has 0 radical (unpaired) electrons. The molecule has 1 aliphatic rings. The Balaban J connectivity index is 1.82. The number of likely N-dealkylation sites (N-methyl/N-ethyl adjacent to an activating group) is 1. The third-order valence-corrected chi connectivity index (χ3v) is 4.27. The van der Waals surface area contributed by atoms with Gasteiger partial charge in [0.15, 0.2) is 5.65 Å². The molecular formula is C15H23N5. The SMILES string of the molecule is CC(C)[C@@H]1CN(C)CCN1Cc1cnc2cnccn12. The number of hydrogen-bond acceptors (Lipinski definition) is 4. The first kappa shape index (κ1) is 13.5. The van der Waals surface area contributed by atoms with Crippen molar-refractivity contribution in [3.8, 4) is 0 Å². The lowest BCUT2D eigenvalue weighted by molar-refractivity contribution is 0.0559. The Morgan fingerprint density at radius 1 is 1.30 bits per heavy atom. The van der Waals surface area contributed by atoms with Crippen molar-refractivity contribution in [3.63, 3.8) is 0 Å². The number of nitrogens with zero attached hydrogens (tertiary/aromatic N) is 5. The highest BCUT2D eigenvalue weighted by Gasteiger charge is 2.28. The Kier molecular flexibility index (Phi) is 3.72. The maximum absolute atomic E-state index is 4.43. The molecule has 1 saturated heterocycles. The zero-order valence-corrected chi connectivity index (χ0v) is 12.5. The molecule has 0 aromatic carbocycles. The fourth-order valence-electron chi connectivity index (χ4n) is 3.04. The molecule has 0 N–H and O–H groups in total. The molecule has 0 saturated carbocycles. The van der Waals surface area contributed by atoms with Gasteiger partial charge in [0, 0.05) is 44.6 Å². The van der Waals surface area contributed by atoms with Crippen molar-refractivity contribution >= 4 is 5.65 Å². The normalized spacial score (nSPS) is 21.9. The summed E-state index contributed by atoms with van der Waals surface area (Å²) in [6, 6.07) is 0.612. The minimum atomic E-state index is 0.612. The molecule has 20 heavy (non-hydrogen) atoms. The first-order valence-electron chi connectivity index (χ1n) is 7.33. The van der Waals surface area contributed by atoms with Crippen LogP contribution in [0.1, 0.15) is 19.5 Å². The number of hydrogen-bond donors (Lipinski definition) is 0. The largest absolute Gasteiger partial charge is 0.304 e. The van der Waals surface area contributed by atoms with Gasteiger partial charge in [0.2, 0.25) is 0 Å². The Morgan fingerprint density at radius 3 is 2.95 bits per heavy atom. The summed E-state index contributed by atoms with van der Waals surface area (Å²) >= 11 is 0. The Morgan fingerprint density at radius 2 is 2.15 bits per heavy atom. The summed E-state index contributed by atoms with van der Waals surface area (Å²) in [6.45, 7) is 9.00. The maximum atomic E-state index is 4.43. The monoisotopic (exact) mass is 273 g/mol. The molecule has 0 amide bonds. The van der Waals surface area contributed by atoms with Crippen LogP contribution in [0.5, 0.6) is 0 Å². The highest BCUT2D eigenvalue weighted by molar-refractivity contribution is 5.36. The van der Waals surface area contributed by atoms with Crippen molar-refractivity contribution in [2.24, 2.45) is 5.92 Å². The Hall–Kier alpha value is -1.46. The highest BCUT2D eigenvalue weighted by atomic mass is 15.3. The second kappa shape index (κ2) is 5.50. The molecular weight excluding hydrogens is 250 g/mol. The average Bonchev–Trinajstić information content (AvgIpc) is 2.84. The summed E-state index contributed by atoms with van der Waals surface area (Å²) in [5.41, 5.74) is 2.18. The van der Waals surface area contributed by atoms with E-state index in [1.165, 1.54) is 5.69 Å². The van der Waals surface area contributed by atoms with E-state index in [4.69, 9.17) is 0 Å². The molecule has 5 nitrogen and oxygen atoms in total. The fourth-order valence-corrected chi connectivity index (χ4v) is 3.04. The van der Waals surface area contributed by atoms with E-state index in [0.717, 1.165) is 31.8 Å². The summed E-state index contributed by atoms with van der Waals surface area (Å²) in [4.78, 5) is 13.6. The van der Waals surface area contributed by atoms with Gasteiger partial charge in [-0.2, -0.15) is 0 Å². The van der Waals surface area contributed by atoms with Crippen LogP contribution in [-0.2, 0) is 6.54 Å². The molecule has 0 spiro atoms. The van der Waals surface area contributed by atoms with Gasteiger partial charge in [-0.3, -0.25) is 14.3 Å². The minimum absolute atomic E-state index is 0.612. The van der Waals surface area contributed by atoms with E-state index in [1.807, 2.05) is 24.8 Å². The zero-order chi connectivity index (χ0) is 14.1. The third kappa shape index (κ3) is 2.55. The van der Waals surface area contributed by atoms with Crippen molar-refractivity contribution in [3.05, 3.63) is 30.5 Å². The lowest BCUT2D eigenvalue weighted by Crippen LogP contribution is -2.53. The van der Waals surface area contributed by atoms with Gasteiger partial charge < -0.3 is 4.90 Å². The van der Waals surface area contributed by atoms with Gasteiger partial charge in [-0.15, -0.1) is 0 Å². The second-order valence-electron chi connectivity index (χ2n) is 6.10. The maximum Gasteiger partial charge on any atom is 0.155 e. The quantitative estimate of drug-likeness (QED) is 0.849. The predicted molar refractivity (Wildman–Crippen MR) is 79.5 cm³/mol. The Bertz CT molecular complexity index is 576. The van der Waals surface area contributed by atoms with Crippen LogP contribution in [0.15, 0.2) is 24.8 Å². The van der Waals surface area contributed by atoms with Gasteiger partial charge in [-0.25, -0.2) is 4.98 Å². The fraction of sp³-hybridized carbons (Fsp3) is 0.600. The highest BCUT2D eigenvalue weighted by Crippen LogP contribution is 2.19. The molecule has 1 atom stereocenters. The molecule has 3 heterocycles. The van der Waals surface area contributed by atoms with Crippen molar-refractivity contribution in [1.29, 1.82) is 0 Å². The summed E-state index contributed by atoms with van der Waals surface area (Å²) in [5.74, 6) is 0.665. The van der Waals surface area contributed by atoms with Crippen molar-refractivity contribution in [1.82, 2.24) is 24.2 Å². The predicted octanol–water partition coefficient (Wildman–Crippen LogP) is 1.50. The molecule has 3 rings (SSSR count). The van der Waals surface area contributed by atoms with Crippen molar-refractivity contribution < 1.29 is 0 Å². The van der Waals surface area contributed by atoms with Gasteiger partial charge in [0.25, 0.3) is 0 Å². The van der Waals surface area contributed by atoms with Gasteiger partial charge in [0.05, 0.1) is 18.1 Å². The second-order valence-corrected chi connectivity index (χ2v) is 6.10. The number of piperazine rings is 1. The van der Waals surface area contributed by atoms with E-state index < -0.39 is 0 Å². The summed E-state index contributed by atoms with van der Waals surface area (Å²) in [7, 11) is 2.21. The number of rotatable bonds is 3. The first-order chi connectivity index (χ1) is 9.65. The van der Waals surface area contributed by atoms with Crippen LogP contribution in [-0.4, -0.2) is 56.9 Å². The van der Waals surface area contributed by atoms with E-state index in [2.05, 4.69) is 45.1 Å². The topological polar surface area (TPSA) is 36.7 Å². The van der Waals surface area contributed by atoms with Gasteiger partial charge in [-0.1, -0.05) is 13.8 Å². The van der Waals surface area contributed by atoms with E-state index >= 15 is 0 Å². The average molecular weight is 273 g/mol. The van der Waals surface area contributed by atoms with Crippen LogP contribution in [0, 0.1) is 5.92 Å². The van der Waals surface area contributed by atoms with Gasteiger partial charge in [-0.05, 0) is 13.0 Å². The van der Waals surface area contributed by atoms with Crippen LogP contribution in [0.2, 0.25) is 0 Å². The minimum Gasteiger partial charge on any atom is -0.304 e. The Labute approximate surface area is 120 Å². The van der Waals surface area contributed by atoms with Crippen LogP contribution >= 0.6 is 0 Å². The molecule has 2 aromatic heterocycles. The molecule has 5 heteroatoms. The van der Waals surface area contributed by atoms with E-state index in [1.54, 1.807) is 0 Å². The summed E-state index contributed by atoms with van der Waals surface area (Å²) < 4.78 is 2.14. The van der Waals surface area contributed by atoms with Crippen molar-refractivity contribution in [2.75, 3.05) is 26.7 Å². The third-order valence-electron chi connectivity index (χ3n) is 4.27. The molecule has 0 aliphatic carbocycles. The van der Waals surface area contributed by atoms with E-state index in [0.29, 0.717) is 12.0 Å². The van der Waals surface area contributed by atoms with Crippen LogP contribution in [0.25, 0.3) is 5.65 Å². The molecule has 2 aromatic rings. The smallest absolute Gasteiger partial charge is 0.155 e. The lowest BCUT2D eigenvalue weighted by atomic mass is 9.99. The molecule has 0 unspecified atom stereocenters. The van der Waals surface area contributed by atoms with Crippen LogP contribution in [0.4, 0.5) is 0 Å². The molecule has 1 aliphatic heterocycles. The first-order valence-corrected chi connectivity index (χ1v) is 7.33. The lowest BCUT2D eigenvalue weighted by Gasteiger charge is -2.42. The van der Waals surface area contributed by atoms with E-state index in [9.17, 15) is 0 Å². The standard InChI is InChI=1S/C15H23N5/c1-12(2)14-11-18(3)6-7-19(14)10-13-8-17-15-9-16-4-5-20(13)15/h4-5,8-9,12,14H,6-7,10-11H2,1-3H3/t14-/m0/s1. The van der Waals surface area contributed by atoms with Crippen LogP contribution < -0.4 is 0 Å². The van der Waals surface area contributed by atoms with E-state index in [-0.39, 0.29) is 0 Å². The number of fused-ring (bicyclic) bond motifs is 1. The zero-order valence-electron chi connectivity index (χ0n) is 12.5.